The molecule has 1 aromatic rings. The van der Waals surface area contributed by atoms with Gasteiger partial charge in [-0.3, -0.25) is 4.90 Å². The number of rotatable bonds is 4. The van der Waals surface area contributed by atoms with Crippen LogP contribution in [0.3, 0.4) is 0 Å². The Morgan fingerprint density at radius 3 is 2.61 bits per heavy atom. The van der Waals surface area contributed by atoms with E-state index in [9.17, 15) is 8.78 Å². The van der Waals surface area contributed by atoms with E-state index in [1.165, 1.54) is 0 Å². The van der Waals surface area contributed by atoms with Gasteiger partial charge in [-0.05, 0) is 5.56 Å². The highest BCUT2D eigenvalue weighted by Gasteiger charge is 2.32. The molecule has 1 aromatic carbocycles. The van der Waals surface area contributed by atoms with Gasteiger partial charge in [0.05, 0.1) is 12.7 Å². The molecular formula is C13H17F2NO2. The summed E-state index contributed by atoms with van der Waals surface area (Å²) in [6.45, 7) is 1.05. The second-order valence-corrected chi connectivity index (χ2v) is 4.49. The summed E-state index contributed by atoms with van der Waals surface area (Å²) in [5.41, 5.74) is 1.07. The minimum absolute atomic E-state index is 0.197. The van der Waals surface area contributed by atoms with Crippen molar-refractivity contribution in [3.05, 3.63) is 35.9 Å². The van der Waals surface area contributed by atoms with Crippen LogP contribution in [0.25, 0.3) is 0 Å². The molecule has 1 fully saturated rings. The Kier molecular flexibility index (Phi) is 4.63. The summed E-state index contributed by atoms with van der Waals surface area (Å²) in [6.07, 6.45) is -4.15. The fourth-order valence-electron chi connectivity index (χ4n) is 2.16. The number of hydrogen-bond donors (Lipinski definition) is 1. The van der Waals surface area contributed by atoms with E-state index in [-0.39, 0.29) is 13.2 Å². The lowest BCUT2D eigenvalue weighted by Gasteiger charge is -2.37. The molecule has 5 heteroatoms. The third kappa shape index (κ3) is 3.48. The molecule has 0 spiro atoms. The van der Waals surface area contributed by atoms with Crippen molar-refractivity contribution in [3.8, 4) is 0 Å². The normalized spacial score (nSPS) is 25.6. The van der Waals surface area contributed by atoms with Gasteiger partial charge in [0.25, 0.3) is 6.43 Å². The molecule has 1 heterocycles. The van der Waals surface area contributed by atoms with Crippen LogP contribution in [-0.2, 0) is 11.3 Å². The third-order valence-corrected chi connectivity index (χ3v) is 3.00. The zero-order valence-corrected chi connectivity index (χ0v) is 10.0. The van der Waals surface area contributed by atoms with Crippen molar-refractivity contribution in [2.75, 3.05) is 19.7 Å². The third-order valence-electron chi connectivity index (χ3n) is 3.00. The van der Waals surface area contributed by atoms with Gasteiger partial charge in [-0.1, -0.05) is 30.3 Å². The van der Waals surface area contributed by atoms with Crippen molar-refractivity contribution >= 4 is 0 Å². The molecule has 0 aliphatic carbocycles. The summed E-state index contributed by atoms with van der Waals surface area (Å²) in [4.78, 5) is 1.90. The molecule has 0 amide bonds. The molecular weight excluding hydrogens is 240 g/mol. The molecule has 1 aliphatic heterocycles. The van der Waals surface area contributed by atoms with Gasteiger partial charge in [-0.25, -0.2) is 8.78 Å². The highest BCUT2D eigenvalue weighted by molar-refractivity contribution is 5.14. The average molecular weight is 257 g/mol. The van der Waals surface area contributed by atoms with E-state index in [2.05, 4.69) is 0 Å². The number of nitrogens with zero attached hydrogens (tertiary/aromatic N) is 1. The van der Waals surface area contributed by atoms with Crippen LogP contribution >= 0.6 is 0 Å². The zero-order valence-electron chi connectivity index (χ0n) is 10.0. The number of halogens is 2. The summed E-state index contributed by atoms with van der Waals surface area (Å²) in [7, 11) is 0. The first-order valence-corrected chi connectivity index (χ1v) is 6.00. The van der Waals surface area contributed by atoms with Crippen molar-refractivity contribution in [3.63, 3.8) is 0 Å². The lowest BCUT2D eigenvalue weighted by molar-refractivity contribution is -0.153. The van der Waals surface area contributed by atoms with Crippen molar-refractivity contribution in [1.82, 2.24) is 4.90 Å². The van der Waals surface area contributed by atoms with Crippen LogP contribution in [0.1, 0.15) is 5.56 Å². The van der Waals surface area contributed by atoms with Crippen LogP contribution in [0, 0.1) is 0 Å². The van der Waals surface area contributed by atoms with Gasteiger partial charge in [0.15, 0.2) is 0 Å². The molecule has 1 N–H and O–H groups in total. The number of benzene rings is 1. The minimum Gasteiger partial charge on any atom is -0.394 e. The van der Waals surface area contributed by atoms with E-state index in [0.29, 0.717) is 13.1 Å². The molecule has 3 nitrogen and oxygen atoms in total. The summed E-state index contributed by atoms with van der Waals surface area (Å²) in [5.74, 6) is 0. The van der Waals surface area contributed by atoms with Crippen molar-refractivity contribution in [2.24, 2.45) is 0 Å². The van der Waals surface area contributed by atoms with Gasteiger partial charge in [0.2, 0.25) is 0 Å². The van der Waals surface area contributed by atoms with E-state index in [4.69, 9.17) is 9.84 Å². The van der Waals surface area contributed by atoms with Crippen molar-refractivity contribution in [1.29, 1.82) is 0 Å². The fourth-order valence-corrected chi connectivity index (χ4v) is 2.16. The van der Waals surface area contributed by atoms with Crippen LogP contribution < -0.4 is 0 Å². The Balaban J connectivity index is 1.99. The van der Waals surface area contributed by atoms with Gasteiger partial charge < -0.3 is 9.84 Å². The van der Waals surface area contributed by atoms with Crippen LogP contribution in [0.4, 0.5) is 8.78 Å². The summed E-state index contributed by atoms with van der Waals surface area (Å²) >= 11 is 0. The molecule has 0 bridgehead atoms. The molecule has 18 heavy (non-hydrogen) atoms. The quantitative estimate of drug-likeness (QED) is 0.887. The van der Waals surface area contributed by atoms with Crippen LogP contribution in [0.2, 0.25) is 0 Å². The van der Waals surface area contributed by atoms with E-state index >= 15 is 0 Å². The second kappa shape index (κ2) is 6.22. The molecule has 0 radical (unpaired) electrons. The van der Waals surface area contributed by atoms with Gasteiger partial charge in [0.1, 0.15) is 6.10 Å². The van der Waals surface area contributed by atoms with Gasteiger partial charge in [-0.2, -0.15) is 0 Å². The number of morpholine rings is 1. The molecule has 2 atom stereocenters. The summed E-state index contributed by atoms with van der Waals surface area (Å²) in [6, 6.07) is 9.68. The Morgan fingerprint density at radius 2 is 2.00 bits per heavy atom. The lowest BCUT2D eigenvalue weighted by Crippen LogP contribution is -2.50. The van der Waals surface area contributed by atoms with Gasteiger partial charge in [0, 0.05) is 19.6 Å². The monoisotopic (exact) mass is 257 g/mol. The predicted octanol–water partition coefficient (Wildman–Crippen LogP) is 1.51. The Morgan fingerprint density at radius 1 is 1.28 bits per heavy atom. The highest BCUT2D eigenvalue weighted by atomic mass is 19.3. The molecule has 0 aromatic heterocycles. The van der Waals surface area contributed by atoms with E-state index in [1.54, 1.807) is 0 Å². The largest absolute Gasteiger partial charge is 0.394 e. The lowest BCUT2D eigenvalue weighted by atomic mass is 10.1. The Labute approximate surface area is 105 Å². The Hall–Kier alpha value is -1.04. The van der Waals surface area contributed by atoms with Crippen LogP contribution in [0.15, 0.2) is 30.3 Å². The first-order valence-electron chi connectivity index (χ1n) is 6.00. The summed E-state index contributed by atoms with van der Waals surface area (Å²) < 4.78 is 30.5. The topological polar surface area (TPSA) is 32.7 Å². The summed E-state index contributed by atoms with van der Waals surface area (Å²) in [5, 5.41) is 9.08. The minimum atomic E-state index is -2.52. The zero-order chi connectivity index (χ0) is 13.0. The molecule has 1 aliphatic rings. The Bertz CT molecular complexity index is 361. The van der Waals surface area contributed by atoms with Gasteiger partial charge in [-0.15, -0.1) is 0 Å². The highest BCUT2D eigenvalue weighted by Crippen LogP contribution is 2.18. The first-order chi connectivity index (χ1) is 8.69. The number of aliphatic hydroxyl groups excluding tert-OH is 1. The fraction of sp³-hybridized carbons (Fsp3) is 0.538. The predicted molar refractivity (Wildman–Crippen MR) is 63.5 cm³/mol. The van der Waals surface area contributed by atoms with E-state index in [0.717, 1.165) is 5.56 Å². The maximum Gasteiger partial charge on any atom is 0.265 e. The maximum absolute atomic E-state index is 12.7. The number of alkyl halides is 2. The van der Waals surface area contributed by atoms with Crippen molar-refractivity contribution < 1.29 is 18.6 Å². The van der Waals surface area contributed by atoms with E-state index in [1.807, 2.05) is 35.2 Å². The number of ether oxygens (including phenoxy) is 1. The first kappa shape index (κ1) is 13.4. The second-order valence-electron chi connectivity index (χ2n) is 4.49. The van der Waals surface area contributed by atoms with Crippen molar-refractivity contribution in [2.45, 2.75) is 25.2 Å². The number of aliphatic hydroxyl groups is 1. The SMILES string of the molecule is OC[C@@H]1CN(Cc2ccccc2)C[C@H](C(F)F)O1. The molecule has 2 rings (SSSR count). The smallest absolute Gasteiger partial charge is 0.265 e. The molecule has 100 valence electrons. The molecule has 0 unspecified atom stereocenters. The number of hydrogen-bond acceptors (Lipinski definition) is 3. The van der Waals surface area contributed by atoms with Crippen LogP contribution in [-0.4, -0.2) is 48.3 Å². The van der Waals surface area contributed by atoms with Gasteiger partial charge >= 0.3 is 0 Å². The molecule has 0 saturated carbocycles. The van der Waals surface area contributed by atoms with Crippen LogP contribution in [0.5, 0.6) is 0 Å². The van der Waals surface area contributed by atoms with E-state index < -0.39 is 18.6 Å². The standard InChI is InChI=1S/C13H17F2NO2/c14-13(15)12-8-16(7-11(9-17)18-12)6-10-4-2-1-3-5-10/h1-5,11-13,17H,6-9H2/t11-,12+/m0/s1. The maximum atomic E-state index is 12.7. The molecule has 1 saturated heterocycles. The average Bonchev–Trinajstić information content (AvgIpc) is 2.39.